The van der Waals surface area contributed by atoms with Crippen LogP contribution in [0.5, 0.6) is 0 Å². The third-order valence-corrected chi connectivity index (χ3v) is 3.47. The van der Waals surface area contributed by atoms with E-state index in [9.17, 15) is 0 Å². The number of benzene rings is 1. The largest absolute Gasteiger partial charge is 0.378 e. The van der Waals surface area contributed by atoms with E-state index in [0.717, 1.165) is 12.2 Å². The maximum Gasteiger partial charge on any atom is 0.0659 e. The molecular weight excluding hydrogens is 262 g/mol. The molecule has 3 aromatic rings. The van der Waals surface area contributed by atoms with Crippen molar-refractivity contribution in [2.24, 2.45) is 7.05 Å². The summed E-state index contributed by atoms with van der Waals surface area (Å²) in [6.45, 7) is 2.93. The van der Waals surface area contributed by atoms with Crippen molar-refractivity contribution in [2.75, 3.05) is 5.32 Å². The SMILES string of the molecule is CC(Nc1ccc(Cn2cccn2)cc1)c1cnn(C)c1. The second kappa shape index (κ2) is 5.83. The van der Waals surface area contributed by atoms with Crippen molar-refractivity contribution in [3.05, 3.63) is 66.2 Å². The number of aromatic nitrogens is 4. The van der Waals surface area contributed by atoms with Crippen molar-refractivity contribution in [3.8, 4) is 0 Å². The number of nitrogens with one attached hydrogen (secondary N) is 1. The van der Waals surface area contributed by atoms with E-state index in [-0.39, 0.29) is 6.04 Å². The molecule has 0 aliphatic rings. The van der Waals surface area contributed by atoms with Gasteiger partial charge in [0.25, 0.3) is 0 Å². The van der Waals surface area contributed by atoms with Gasteiger partial charge in [-0.1, -0.05) is 12.1 Å². The van der Waals surface area contributed by atoms with Gasteiger partial charge in [-0.15, -0.1) is 0 Å². The van der Waals surface area contributed by atoms with Crippen molar-refractivity contribution in [2.45, 2.75) is 19.5 Å². The molecule has 2 heterocycles. The van der Waals surface area contributed by atoms with Gasteiger partial charge in [0, 0.05) is 36.9 Å². The molecule has 0 bridgehead atoms. The highest BCUT2D eigenvalue weighted by Crippen LogP contribution is 2.19. The zero-order valence-electron chi connectivity index (χ0n) is 12.3. The van der Waals surface area contributed by atoms with E-state index in [1.54, 1.807) is 6.20 Å². The van der Waals surface area contributed by atoms with Gasteiger partial charge in [0.05, 0.1) is 18.8 Å². The molecule has 3 rings (SSSR count). The van der Waals surface area contributed by atoms with E-state index in [1.165, 1.54) is 11.1 Å². The Labute approximate surface area is 124 Å². The summed E-state index contributed by atoms with van der Waals surface area (Å²) in [5, 5.41) is 11.9. The van der Waals surface area contributed by atoms with Gasteiger partial charge >= 0.3 is 0 Å². The molecule has 1 N–H and O–H groups in total. The minimum atomic E-state index is 0.232. The lowest BCUT2D eigenvalue weighted by Gasteiger charge is -2.14. The number of rotatable bonds is 5. The van der Waals surface area contributed by atoms with Gasteiger partial charge in [0.1, 0.15) is 0 Å². The van der Waals surface area contributed by atoms with Crippen LogP contribution in [-0.4, -0.2) is 19.6 Å². The minimum absolute atomic E-state index is 0.232. The zero-order valence-corrected chi connectivity index (χ0v) is 12.3. The summed E-state index contributed by atoms with van der Waals surface area (Å²) in [7, 11) is 1.93. The highest BCUT2D eigenvalue weighted by molar-refractivity contribution is 5.46. The Bertz CT molecular complexity index is 682. The number of aryl methyl sites for hydroxylation is 1. The third-order valence-electron chi connectivity index (χ3n) is 3.47. The van der Waals surface area contributed by atoms with Gasteiger partial charge in [-0.05, 0) is 30.7 Å². The predicted octanol–water partition coefficient (Wildman–Crippen LogP) is 2.84. The van der Waals surface area contributed by atoms with Crippen LogP contribution in [0, 0.1) is 0 Å². The molecule has 21 heavy (non-hydrogen) atoms. The highest BCUT2D eigenvalue weighted by atomic mass is 15.3. The summed E-state index contributed by atoms with van der Waals surface area (Å²) >= 11 is 0. The first kappa shape index (κ1) is 13.4. The van der Waals surface area contributed by atoms with E-state index >= 15 is 0 Å². The summed E-state index contributed by atoms with van der Waals surface area (Å²) in [5.74, 6) is 0. The molecule has 0 radical (unpaired) electrons. The lowest BCUT2D eigenvalue weighted by atomic mass is 10.1. The Morgan fingerprint density at radius 1 is 1.19 bits per heavy atom. The van der Waals surface area contributed by atoms with Gasteiger partial charge in [-0.3, -0.25) is 9.36 Å². The Morgan fingerprint density at radius 3 is 2.62 bits per heavy atom. The first-order valence-corrected chi connectivity index (χ1v) is 7.02. The zero-order chi connectivity index (χ0) is 14.7. The molecule has 2 aromatic heterocycles. The summed E-state index contributed by atoms with van der Waals surface area (Å²) < 4.78 is 3.74. The molecule has 0 aliphatic heterocycles. The van der Waals surface area contributed by atoms with E-state index in [4.69, 9.17) is 0 Å². The average Bonchev–Trinajstić information content (AvgIpc) is 3.12. The normalized spacial score (nSPS) is 12.3. The van der Waals surface area contributed by atoms with E-state index in [0.29, 0.717) is 0 Å². The second-order valence-corrected chi connectivity index (χ2v) is 5.21. The molecule has 1 unspecified atom stereocenters. The third kappa shape index (κ3) is 3.31. The number of nitrogens with zero attached hydrogens (tertiary/aromatic N) is 4. The van der Waals surface area contributed by atoms with E-state index in [1.807, 2.05) is 41.1 Å². The van der Waals surface area contributed by atoms with Crippen molar-refractivity contribution >= 4 is 5.69 Å². The molecule has 0 fully saturated rings. The predicted molar refractivity (Wildman–Crippen MR) is 83.0 cm³/mol. The van der Waals surface area contributed by atoms with Gasteiger partial charge in [0.15, 0.2) is 0 Å². The molecule has 108 valence electrons. The van der Waals surface area contributed by atoms with Crippen LogP contribution >= 0.6 is 0 Å². The first-order valence-electron chi connectivity index (χ1n) is 7.02. The standard InChI is InChI=1S/C16H19N5/c1-13(15-10-18-20(2)12-15)19-16-6-4-14(5-7-16)11-21-9-3-8-17-21/h3-10,12-13,19H,11H2,1-2H3. The fraction of sp³-hybridized carbons (Fsp3) is 0.250. The van der Waals surface area contributed by atoms with E-state index in [2.05, 4.69) is 46.7 Å². The molecule has 5 nitrogen and oxygen atoms in total. The van der Waals surface area contributed by atoms with Gasteiger partial charge in [-0.2, -0.15) is 10.2 Å². The van der Waals surface area contributed by atoms with Gasteiger partial charge < -0.3 is 5.32 Å². The van der Waals surface area contributed by atoms with Crippen molar-refractivity contribution in [1.29, 1.82) is 0 Å². The second-order valence-electron chi connectivity index (χ2n) is 5.21. The molecule has 0 spiro atoms. The molecule has 0 amide bonds. The van der Waals surface area contributed by atoms with E-state index < -0.39 is 0 Å². The summed E-state index contributed by atoms with van der Waals surface area (Å²) in [5.41, 5.74) is 3.52. The van der Waals surface area contributed by atoms with Gasteiger partial charge in [-0.25, -0.2) is 0 Å². The summed E-state index contributed by atoms with van der Waals surface area (Å²) in [4.78, 5) is 0. The maximum absolute atomic E-state index is 4.22. The van der Waals surface area contributed by atoms with Crippen LogP contribution in [0.15, 0.2) is 55.1 Å². The summed E-state index contributed by atoms with van der Waals surface area (Å²) in [6, 6.07) is 10.6. The minimum Gasteiger partial charge on any atom is -0.378 e. The molecule has 5 heteroatoms. The van der Waals surface area contributed by atoms with Crippen LogP contribution in [0.4, 0.5) is 5.69 Å². The summed E-state index contributed by atoms with van der Waals surface area (Å²) in [6.07, 6.45) is 7.69. The quantitative estimate of drug-likeness (QED) is 0.782. The Hall–Kier alpha value is -2.56. The van der Waals surface area contributed by atoms with Crippen molar-refractivity contribution in [3.63, 3.8) is 0 Å². The number of hydrogen-bond acceptors (Lipinski definition) is 3. The van der Waals surface area contributed by atoms with Crippen LogP contribution in [0.25, 0.3) is 0 Å². The first-order chi connectivity index (χ1) is 10.2. The van der Waals surface area contributed by atoms with Crippen molar-refractivity contribution in [1.82, 2.24) is 19.6 Å². The molecule has 1 atom stereocenters. The maximum atomic E-state index is 4.22. The van der Waals surface area contributed by atoms with Crippen LogP contribution < -0.4 is 5.32 Å². The number of anilines is 1. The average molecular weight is 281 g/mol. The Morgan fingerprint density at radius 2 is 2.00 bits per heavy atom. The highest BCUT2D eigenvalue weighted by Gasteiger charge is 2.07. The topological polar surface area (TPSA) is 47.7 Å². The van der Waals surface area contributed by atoms with Crippen LogP contribution in [0.1, 0.15) is 24.1 Å². The lowest BCUT2D eigenvalue weighted by Crippen LogP contribution is -2.06. The smallest absolute Gasteiger partial charge is 0.0659 e. The molecule has 0 saturated carbocycles. The fourth-order valence-electron chi connectivity index (χ4n) is 2.28. The molecule has 0 aliphatic carbocycles. The molecular formula is C16H19N5. The Balaban J connectivity index is 1.64. The van der Waals surface area contributed by atoms with Crippen LogP contribution in [-0.2, 0) is 13.6 Å². The van der Waals surface area contributed by atoms with Crippen LogP contribution in [0.2, 0.25) is 0 Å². The number of hydrogen-bond donors (Lipinski definition) is 1. The fourth-order valence-corrected chi connectivity index (χ4v) is 2.28. The molecule has 0 saturated heterocycles. The molecule has 1 aromatic carbocycles. The van der Waals surface area contributed by atoms with Crippen molar-refractivity contribution < 1.29 is 0 Å². The lowest BCUT2D eigenvalue weighted by molar-refractivity contribution is 0.687. The Kier molecular flexibility index (Phi) is 3.73. The monoisotopic (exact) mass is 281 g/mol. The van der Waals surface area contributed by atoms with Crippen LogP contribution in [0.3, 0.4) is 0 Å². The van der Waals surface area contributed by atoms with Gasteiger partial charge in [0.2, 0.25) is 0 Å².